The smallest absolute Gasteiger partial charge is 0.243 e. The molecular weight excluding hydrogens is 238 g/mol. The van der Waals surface area contributed by atoms with Crippen molar-refractivity contribution >= 4 is 11.6 Å². The lowest BCUT2D eigenvalue weighted by Crippen LogP contribution is -2.42. The van der Waals surface area contributed by atoms with Gasteiger partial charge in [-0.3, -0.25) is 4.79 Å². The maximum absolute atomic E-state index is 12.5. The number of anilines is 1. The first-order valence-electron chi connectivity index (χ1n) is 6.69. The Kier molecular flexibility index (Phi) is 2.79. The molecule has 3 rings (SSSR count). The van der Waals surface area contributed by atoms with E-state index in [1.165, 1.54) is 0 Å². The molecule has 2 aliphatic rings. The van der Waals surface area contributed by atoms with Crippen molar-refractivity contribution in [3.8, 4) is 6.07 Å². The fourth-order valence-electron chi connectivity index (χ4n) is 2.68. The van der Waals surface area contributed by atoms with E-state index in [9.17, 15) is 10.1 Å². The summed E-state index contributed by atoms with van der Waals surface area (Å²) in [5.41, 5.74) is 1.54. The van der Waals surface area contributed by atoms with E-state index < -0.39 is 0 Å². The number of amides is 1. The summed E-state index contributed by atoms with van der Waals surface area (Å²) < 4.78 is 0. The zero-order chi connectivity index (χ0) is 13.5. The van der Waals surface area contributed by atoms with Crippen molar-refractivity contribution in [1.29, 1.82) is 5.26 Å². The number of hydrogen-bond donors (Lipinski definition) is 1. The summed E-state index contributed by atoms with van der Waals surface area (Å²) in [6, 6.07) is 9.34. The molecule has 1 spiro atoms. The van der Waals surface area contributed by atoms with E-state index in [1.54, 1.807) is 11.0 Å². The third-order valence-electron chi connectivity index (χ3n) is 4.19. The molecule has 0 aromatic heterocycles. The third-order valence-corrected chi connectivity index (χ3v) is 4.19. The van der Waals surface area contributed by atoms with Crippen LogP contribution in [0.1, 0.15) is 25.3 Å². The van der Waals surface area contributed by atoms with Crippen LogP contribution in [-0.4, -0.2) is 25.0 Å². The lowest BCUT2D eigenvalue weighted by atomic mass is 10.1. The van der Waals surface area contributed by atoms with Crippen LogP contribution in [0.4, 0.5) is 5.69 Å². The van der Waals surface area contributed by atoms with E-state index in [-0.39, 0.29) is 17.4 Å². The van der Waals surface area contributed by atoms with Crippen LogP contribution in [0.3, 0.4) is 0 Å². The lowest BCUT2D eigenvalue weighted by Gasteiger charge is -2.25. The van der Waals surface area contributed by atoms with Gasteiger partial charge in [0.2, 0.25) is 5.91 Å². The van der Waals surface area contributed by atoms with Crippen LogP contribution in [0.2, 0.25) is 0 Å². The SMILES string of the molecule is CC1NCC2(CC2)CN(c2ccccc2C#N)C1=O. The van der Waals surface area contributed by atoms with Gasteiger partial charge in [0.1, 0.15) is 6.07 Å². The molecule has 1 aliphatic heterocycles. The van der Waals surface area contributed by atoms with Gasteiger partial charge in [-0.1, -0.05) is 12.1 Å². The van der Waals surface area contributed by atoms with Crippen LogP contribution in [-0.2, 0) is 4.79 Å². The molecule has 1 atom stereocenters. The van der Waals surface area contributed by atoms with Crippen LogP contribution in [0, 0.1) is 16.7 Å². The molecule has 19 heavy (non-hydrogen) atoms. The number of carbonyl (C=O) groups is 1. The number of hydrogen-bond acceptors (Lipinski definition) is 3. The first-order chi connectivity index (χ1) is 9.15. The quantitative estimate of drug-likeness (QED) is 0.830. The molecule has 4 heteroatoms. The van der Waals surface area contributed by atoms with Gasteiger partial charge < -0.3 is 10.2 Å². The third kappa shape index (κ3) is 2.11. The summed E-state index contributed by atoms with van der Waals surface area (Å²) in [6.07, 6.45) is 2.32. The van der Waals surface area contributed by atoms with Gasteiger partial charge in [-0.15, -0.1) is 0 Å². The second-order valence-corrected chi connectivity index (χ2v) is 5.66. The van der Waals surface area contributed by atoms with E-state index in [1.807, 2.05) is 25.1 Å². The molecule has 98 valence electrons. The van der Waals surface area contributed by atoms with Crippen molar-refractivity contribution in [2.45, 2.75) is 25.8 Å². The van der Waals surface area contributed by atoms with E-state index in [2.05, 4.69) is 11.4 Å². The number of carbonyl (C=O) groups excluding carboxylic acids is 1. The second-order valence-electron chi connectivity index (χ2n) is 5.66. The summed E-state index contributed by atoms with van der Waals surface area (Å²) in [5.74, 6) is 0.0616. The van der Waals surface area contributed by atoms with Crippen LogP contribution in [0.25, 0.3) is 0 Å². The summed E-state index contributed by atoms with van der Waals surface area (Å²) in [7, 11) is 0. The Balaban J connectivity index is 2.01. The topological polar surface area (TPSA) is 56.1 Å². The molecule has 4 nitrogen and oxygen atoms in total. The Morgan fingerprint density at radius 1 is 1.42 bits per heavy atom. The minimum atomic E-state index is -0.188. The number of benzene rings is 1. The van der Waals surface area contributed by atoms with E-state index in [0.717, 1.165) is 31.6 Å². The van der Waals surface area contributed by atoms with Gasteiger partial charge in [0.15, 0.2) is 0 Å². The molecule has 1 heterocycles. The predicted molar refractivity (Wildman–Crippen MR) is 72.6 cm³/mol. The summed E-state index contributed by atoms with van der Waals surface area (Å²) in [4.78, 5) is 14.3. The number of rotatable bonds is 1. The molecule has 1 amide bonds. The average Bonchev–Trinajstić information content (AvgIpc) is 3.22. The van der Waals surface area contributed by atoms with E-state index >= 15 is 0 Å². The molecule has 0 bridgehead atoms. The predicted octanol–water partition coefficient (Wildman–Crippen LogP) is 1.66. The first kappa shape index (κ1) is 12.2. The van der Waals surface area contributed by atoms with Gasteiger partial charge in [-0.25, -0.2) is 0 Å². The number of nitriles is 1. The zero-order valence-electron chi connectivity index (χ0n) is 11.0. The largest absolute Gasteiger partial charge is 0.309 e. The molecule has 1 saturated heterocycles. The molecule has 2 fully saturated rings. The standard InChI is InChI=1S/C15H17N3O/c1-11-14(19)18(10-15(6-7-15)9-17-11)13-5-3-2-4-12(13)8-16/h2-5,11,17H,6-7,9-10H2,1H3. The molecule has 1 aliphatic carbocycles. The number of nitrogens with one attached hydrogen (secondary N) is 1. The molecular formula is C15H17N3O. The van der Waals surface area contributed by atoms with Crippen LogP contribution < -0.4 is 10.2 Å². The zero-order valence-corrected chi connectivity index (χ0v) is 11.0. The highest BCUT2D eigenvalue weighted by Crippen LogP contribution is 2.47. The molecule has 1 aromatic carbocycles. The Morgan fingerprint density at radius 3 is 2.84 bits per heavy atom. The molecule has 1 aromatic rings. The van der Waals surface area contributed by atoms with Gasteiger partial charge in [-0.2, -0.15) is 5.26 Å². The van der Waals surface area contributed by atoms with Gasteiger partial charge >= 0.3 is 0 Å². The van der Waals surface area contributed by atoms with E-state index in [4.69, 9.17) is 0 Å². The maximum atomic E-state index is 12.5. The maximum Gasteiger partial charge on any atom is 0.243 e. The number of nitrogens with zero attached hydrogens (tertiary/aromatic N) is 2. The Bertz CT molecular complexity index is 557. The summed E-state index contributed by atoms with van der Waals surface area (Å²) in [6.45, 7) is 3.51. The molecule has 0 radical (unpaired) electrons. The van der Waals surface area contributed by atoms with Crippen LogP contribution >= 0.6 is 0 Å². The second kappa shape index (κ2) is 4.36. The van der Waals surface area contributed by atoms with Crippen molar-refractivity contribution in [2.75, 3.05) is 18.0 Å². The normalized spacial score (nSPS) is 24.9. The highest BCUT2D eigenvalue weighted by atomic mass is 16.2. The Labute approximate surface area is 113 Å². The van der Waals surface area contributed by atoms with Crippen molar-refractivity contribution in [2.24, 2.45) is 5.41 Å². The van der Waals surface area contributed by atoms with Gasteiger partial charge in [0.05, 0.1) is 17.3 Å². The first-order valence-corrected chi connectivity index (χ1v) is 6.69. The molecule has 1 unspecified atom stereocenters. The fraction of sp³-hybridized carbons (Fsp3) is 0.467. The van der Waals surface area contributed by atoms with Gasteiger partial charge in [-0.05, 0) is 31.9 Å². The lowest BCUT2D eigenvalue weighted by molar-refractivity contribution is -0.119. The highest BCUT2D eigenvalue weighted by molar-refractivity contribution is 5.98. The Hall–Kier alpha value is -1.86. The van der Waals surface area contributed by atoms with Crippen LogP contribution in [0.5, 0.6) is 0 Å². The van der Waals surface area contributed by atoms with Gasteiger partial charge in [0, 0.05) is 18.5 Å². The van der Waals surface area contributed by atoms with E-state index in [0.29, 0.717) is 5.56 Å². The van der Waals surface area contributed by atoms with Crippen molar-refractivity contribution in [1.82, 2.24) is 5.32 Å². The van der Waals surface area contributed by atoms with Crippen molar-refractivity contribution in [3.05, 3.63) is 29.8 Å². The minimum absolute atomic E-state index is 0.0616. The minimum Gasteiger partial charge on any atom is -0.309 e. The monoisotopic (exact) mass is 255 g/mol. The Morgan fingerprint density at radius 2 is 2.16 bits per heavy atom. The summed E-state index contributed by atoms with van der Waals surface area (Å²) >= 11 is 0. The van der Waals surface area contributed by atoms with Crippen molar-refractivity contribution < 1.29 is 4.79 Å². The molecule has 1 N–H and O–H groups in total. The highest BCUT2D eigenvalue weighted by Gasteiger charge is 2.47. The number of para-hydroxylation sites is 1. The van der Waals surface area contributed by atoms with Gasteiger partial charge in [0.25, 0.3) is 0 Å². The summed E-state index contributed by atoms with van der Waals surface area (Å²) in [5, 5.41) is 12.5. The fourth-order valence-corrected chi connectivity index (χ4v) is 2.68. The van der Waals surface area contributed by atoms with Crippen LogP contribution in [0.15, 0.2) is 24.3 Å². The van der Waals surface area contributed by atoms with Crippen molar-refractivity contribution in [3.63, 3.8) is 0 Å². The average molecular weight is 255 g/mol. The molecule has 1 saturated carbocycles.